The summed E-state index contributed by atoms with van der Waals surface area (Å²) in [6, 6.07) is 0. The van der Waals surface area contributed by atoms with Gasteiger partial charge in [-0.1, -0.05) is 50.1 Å². The van der Waals surface area contributed by atoms with E-state index in [1.807, 2.05) is 0 Å². The third-order valence-electron chi connectivity index (χ3n) is 7.67. The Balaban J connectivity index is 1.70. The molecule has 0 bridgehead atoms. The highest BCUT2D eigenvalue weighted by Crippen LogP contribution is 2.43. The average Bonchev–Trinajstić information content (AvgIpc) is 2.71. The second-order valence-electron chi connectivity index (χ2n) is 10.6. The van der Waals surface area contributed by atoms with E-state index in [-0.39, 0.29) is 11.5 Å². The van der Waals surface area contributed by atoms with Crippen molar-refractivity contribution >= 4 is 5.97 Å². The maximum Gasteiger partial charge on any atom is 0.306 e. The van der Waals surface area contributed by atoms with Crippen molar-refractivity contribution in [3.8, 4) is 0 Å². The van der Waals surface area contributed by atoms with Gasteiger partial charge in [0.2, 0.25) is 0 Å². The van der Waals surface area contributed by atoms with Crippen molar-refractivity contribution in [3.63, 3.8) is 0 Å². The SMILES string of the molecule is C/C(=C\CCC(C)C(=O)O)CCC/C(C)=C/CCC1(C)CCC2=CCC(C)C(C)C2O1. The molecule has 1 heterocycles. The van der Waals surface area contributed by atoms with Crippen LogP contribution in [0, 0.1) is 17.8 Å². The van der Waals surface area contributed by atoms with Gasteiger partial charge >= 0.3 is 5.97 Å². The molecule has 1 aliphatic carbocycles. The zero-order chi connectivity index (χ0) is 23.0. The lowest BCUT2D eigenvalue weighted by Crippen LogP contribution is -2.44. The van der Waals surface area contributed by atoms with E-state index >= 15 is 0 Å². The van der Waals surface area contributed by atoms with Crippen LogP contribution in [0.3, 0.4) is 0 Å². The third kappa shape index (κ3) is 8.25. The smallest absolute Gasteiger partial charge is 0.306 e. The first-order valence-electron chi connectivity index (χ1n) is 12.5. The molecule has 0 aromatic rings. The zero-order valence-corrected chi connectivity index (χ0v) is 20.9. The number of aliphatic carboxylic acids is 1. The molecule has 176 valence electrons. The lowest BCUT2D eigenvalue weighted by Gasteiger charge is -2.46. The lowest BCUT2D eigenvalue weighted by molar-refractivity contribution is -0.141. The highest BCUT2D eigenvalue weighted by atomic mass is 16.5. The molecular formula is C28H46O3. The summed E-state index contributed by atoms with van der Waals surface area (Å²) in [5.74, 6) is 0.396. The number of fused-ring (bicyclic) bond motifs is 1. The van der Waals surface area contributed by atoms with Gasteiger partial charge in [-0.3, -0.25) is 4.79 Å². The Labute approximate surface area is 191 Å². The minimum absolute atomic E-state index is 0.0104. The molecule has 1 N–H and O–H groups in total. The molecule has 1 fully saturated rings. The molecule has 1 saturated heterocycles. The normalized spacial score (nSPS) is 30.5. The number of carboxylic acid groups (broad SMARTS) is 1. The predicted octanol–water partition coefficient (Wildman–Crippen LogP) is 7.87. The minimum atomic E-state index is -0.695. The lowest BCUT2D eigenvalue weighted by atomic mass is 9.74. The van der Waals surface area contributed by atoms with Crippen LogP contribution in [0.15, 0.2) is 34.9 Å². The Bertz CT molecular complexity index is 686. The predicted molar refractivity (Wildman–Crippen MR) is 130 cm³/mol. The van der Waals surface area contributed by atoms with Crippen molar-refractivity contribution < 1.29 is 14.6 Å². The van der Waals surface area contributed by atoms with Crippen LogP contribution in [0.1, 0.15) is 106 Å². The molecule has 2 rings (SSSR count). The number of carboxylic acids is 1. The van der Waals surface area contributed by atoms with Crippen LogP contribution in [-0.4, -0.2) is 22.8 Å². The molecule has 0 aromatic carbocycles. The van der Waals surface area contributed by atoms with Crippen LogP contribution in [0.25, 0.3) is 0 Å². The van der Waals surface area contributed by atoms with Crippen molar-refractivity contribution in [2.45, 2.75) is 117 Å². The van der Waals surface area contributed by atoms with Crippen molar-refractivity contribution in [3.05, 3.63) is 34.9 Å². The molecule has 0 amide bonds. The highest BCUT2D eigenvalue weighted by molar-refractivity contribution is 5.69. The summed E-state index contributed by atoms with van der Waals surface area (Å²) in [4.78, 5) is 10.9. The van der Waals surface area contributed by atoms with Gasteiger partial charge in [0.15, 0.2) is 0 Å². The summed E-state index contributed by atoms with van der Waals surface area (Å²) in [6.07, 6.45) is 18.2. The van der Waals surface area contributed by atoms with Gasteiger partial charge in [0.25, 0.3) is 0 Å². The summed E-state index contributed by atoms with van der Waals surface area (Å²) < 4.78 is 6.68. The topological polar surface area (TPSA) is 46.5 Å². The molecular weight excluding hydrogens is 384 g/mol. The van der Waals surface area contributed by atoms with E-state index in [2.05, 4.69) is 52.8 Å². The maximum absolute atomic E-state index is 10.9. The average molecular weight is 431 g/mol. The zero-order valence-electron chi connectivity index (χ0n) is 20.9. The number of hydrogen-bond acceptors (Lipinski definition) is 2. The fraction of sp³-hybridized carbons (Fsp3) is 0.750. The maximum atomic E-state index is 10.9. The van der Waals surface area contributed by atoms with E-state index in [0.29, 0.717) is 12.0 Å². The molecule has 0 aromatic heterocycles. The molecule has 1 aliphatic heterocycles. The van der Waals surface area contributed by atoms with Crippen molar-refractivity contribution in [1.82, 2.24) is 0 Å². The minimum Gasteiger partial charge on any atom is -0.481 e. The molecule has 0 radical (unpaired) electrons. The molecule has 5 unspecified atom stereocenters. The quantitative estimate of drug-likeness (QED) is 0.339. The van der Waals surface area contributed by atoms with Crippen molar-refractivity contribution in [1.29, 1.82) is 0 Å². The van der Waals surface area contributed by atoms with Gasteiger partial charge in [0.1, 0.15) is 0 Å². The van der Waals surface area contributed by atoms with Gasteiger partial charge in [0.05, 0.1) is 17.6 Å². The number of rotatable bonds is 11. The van der Waals surface area contributed by atoms with Crippen LogP contribution >= 0.6 is 0 Å². The van der Waals surface area contributed by atoms with Gasteiger partial charge in [-0.25, -0.2) is 0 Å². The second kappa shape index (κ2) is 12.0. The Morgan fingerprint density at radius 3 is 2.52 bits per heavy atom. The first kappa shape index (κ1) is 25.9. The van der Waals surface area contributed by atoms with Crippen LogP contribution in [0.2, 0.25) is 0 Å². The highest BCUT2D eigenvalue weighted by Gasteiger charge is 2.40. The molecule has 0 spiro atoms. The number of allylic oxidation sites excluding steroid dienone is 5. The summed E-state index contributed by atoms with van der Waals surface area (Å²) in [5, 5.41) is 8.96. The van der Waals surface area contributed by atoms with Crippen LogP contribution in [0.5, 0.6) is 0 Å². The second-order valence-corrected chi connectivity index (χ2v) is 10.6. The van der Waals surface area contributed by atoms with Gasteiger partial charge in [-0.05, 0) is 102 Å². The molecule has 3 nitrogen and oxygen atoms in total. The standard InChI is InChI=1S/C28H46O3/c1-20(12-8-14-23(4)27(29)30)10-7-11-21(2)13-9-18-28(6)19-17-25-16-15-22(3)24(5)26(25)31-28/h12-13,16,22-24,26H,7-11,14-15,17-19H2,1-6H3,(H,29,30)/b20-12+,21-13+. The van der Waals surface area contributed by atoms with E-state index in [1.165, 1.54) is 30.4 Å². The molecule has 2 aliphatic rings. The Morgan fingerprint density at radius 1 is 1.23 bits per heavy atom. The molecule has 0 saturated carbocycles. The first-order chi connectivity index (χ1) is 14.6. The summed E-state index contributed by atoms with van der Waals surface area (Å²) in [5.41, 5.74) is 4.42. The van der Waals surface area contributed by atoms with Crippen molar-refractivity contribution in [2.75, 3.05) is 0 Å². The van der Waals surface area contributed by atoms with Gasteiger partial charge < -0.3 is 9.84 Å². The summed E-state index contributed by atoms with van der Waals surface area (Å²) >= 11 is 0. The van der Waals surface area contributed by atoms with E-state index in [1.54, 1.807) is 12.5 Å². The van der Waals surface area contributed by atoms with Crippen molar-refractivity contribution in [2.24, 2.45) is 17.8 Å². The van der Waals surface area contributed by atoms with Gasteiger partial charge in [-0.2, -0.15) is 0 Å². The Morgan fingerprint density at radius 2 is 1.87 bits per heavy atom. The Hall–Kier alpha value is -1.35. The van der Waals surface area contributed by atoms with E-state index in [9.17, 15) is 4.79 Å². The van der Waals surface area contributed by atoms with Crippen LogP contribution < -0.4 is 0 Å². The molecule has 31 heavy (non-hydrogen) atoms. The van der Waals surface area contributed by atoms with E-state index in [0.717, 1.165) is 50.9 Å². The molecule has 3 heteroatoms. The van der Waals surface area contributed by atoms with E-state index in [4.69, 9.17) is 9.84 Å². The molecule has 5 atom stereocenters. The summed E-state index contributed by atoms with van der Waals surface area (Å²) in [7, 11) is 0. The fourth-order valence-corrected chi connectivity index (χ4v) is 4.87. The summed E-state index contributed by atoms with van der Waals surface area (Å²) in [6.45, 7) is 13.2. The van der Waals surface area contributed by atoms with Gasteiger partial charge in [0, 0.05) is 0 Å². The van der Waals surface area contributed by atoms with Crippen LogP contribution in [-0.2, 0) is 9.53 Å². The monoisotopic (exact) mass is 430 g/mol. The fourth-order valence-electron chi connectivity index (χ4n) is 4.87. The Kier molecular flexibility index (Phi) is 10.1. The third-order valence-corrected chi connectivity index (χ3v) is 7.67. The number of carbonyl (C=O) groups is 1. The number of ether oxygens (including phenoxy) is 1. The largest absolute Gasteiger partial charge is 0.481 e. The van der Waals surface area contributed by atoms with Crippen LogP contribution in [0.4, 0.5) is 0 Å². The van der Waals surface area contributed by atoms with Gasteiger partial charge in [-0.15, -0.1) is 0 Å². The van der Waals surface area contributed by atoms with E-state index < -0.39 is 5.97 Å². The number of hydrogen-bond donors (Lipinski definition) is 1. The first-order valence-corrected chi connectivity index (χ1v) is 12.5.